The standard InChI is InChI=1S/C28H20BrN3O6/c29-21-12-7-20(8-13-21)28(36)38-23-5-2-1-4-18(23)11-16-25(33)31-32-26(34)19-9-14-22(15-10-19)30-27(35)24-6-3-17-37-24/h1-17H,(H,30,35)(H,31,33)(H,32,34)/b16-11+. The minimum atomic E-state index is -0.602. The van der Waals surface area contributed by atoms with Crippen LogP contribution in [0.5, 0.6) is 5.75 Å². The number of ether oxygens (including phenoxy) is 1. The number of rotatable bonds is 7. The van der Waals surface area contributed by atoms with Gasteiger partial charge in [-0.3, -0.25) is 25.2 Å². The molecule has 0 aliphatic rings. The Morgan fingerprint density at radius 2 is 1.47 bits per heavy atom. The van der Waals surface area contributed by atoms with Gasteiger partial charge in [0, 0.05) is 27.4 Å². The number of esters is 1. The maximum atomic E-state index is 12.4. The van der Waals surface area contributed by atoms with Gasteiger partial charge in [0.15, 0.2) is 5.76 Å². The molecule has 0 aliphatic carbocycles. The lowest BCUT2D eigenvalue weighted by Crippen LogP contribution is -2.40. The quantitative estimate of drug-likeness (QED) is 0.124. The molecule has 0 atom stereocenters. The maximum Gasteiger partial charge on any atom is 0.343 e. The van der Waals surface area contributed by atoms with Crippen LogP contribution in [-0.4, -0.2) is 23.7 Å². The second-order valence-corrected chi connectivity index (χ2v) is 8.64. The van der Waals surface area contributed by atoms with E-state index in [0.29, 0.717) is 16.8 Å². The average Bonchev–Trinajstić information content (AvgIpc) is 3.47. The Balaban J connectivity index is 1.30. The fraction of sp³-hybridized carbons (Fsp3) is 0. The summed E-state index contributed by atoms with van der Waals surface area (Å²) in [4.78, 5) is 49.1. The number of carbonyl (C=O) groups is 4. The van der Waals surface area contributed by atoms with E-state index >= 15 is 0 Å². The van der Waals surface area contributed by atoms with E-state index in [4.69, 9.17) is 9.15 Å². The molecule has 190 valence electrons. The second kappa shape index (κ2) is 12.3. The molecule has 0 radical (unpaired) electrons. The lowest BCUT2D eigenvalue weighted by atomic mass is 10.2. The van der Waals surface area contributed by atoms with Gasteiger partial charge in [0.25, 0.3) is 17.7 Å². The van der Waals surface area contributed by atoms with Crippen LogP contribution in [0.3, 0.4) is 0 Å². The highest BCUT2D eigenvalue weighted by Crippen LogP contribution is 2.21. The zero-order chi connectivity index (χ0) is 26.9. The van der Waals surface area contributed by atoms with E-state index in [0.717, 1.165) is 4.47 Å². The SMILES string of the molecule is O=C(/C=C/c1ccccc1OC(=O)c1ccc(Br)cc1)NNC(=O)c1ccc(NC(=O)c2ccco2)cc1. The zero-order valence-electron chi connectivity index (χ0n) is 19.6. The summed E-state index contributed by atoms with van der Waals surface area (Å²) in [6.07, 6.45) is 4.05. The smallest absolute Gasteiger partial charge is 0.343 e. The van der Waals surface area contributed by atoms with Crippen LogP contribution in [0.25, 0.3) is 6.08 Å². The van der Waals surface area contributed by atoms with Crippen molar-refractivity contribution in [3.8, 4) is 5.75 Å². The molecule has 10 heteroatoms. The number of carbonyl (C=O) groups excluding carboxylic acids is 4. The van der Waals surface area contributed by atoms with Crippen molar-refractivity contribution in [2.45, 2.75) is 0 Å². The van der Waals surface area contributed by atoms with Gasteiger partial charge in [0.1, 0.15) is 5.75 Å². The van der Waals surface area contributed by atoms with Crippen molar-refractivity contribution in [2.24, 2.45) is 0 Å². The summed E-state index contributed by atoms with van der Waals surface area (Å²) in [6.45, 7) is 0. The molecule has 1 aromatic heterocycles. The van der Waals surface area contributed by atoms with Gasteiger partial charge in [-0.05, 0) is 72.8 Å². The molecular weight excluding hydrogens is 554 g/mol. The van der Waals surface area contributed by atoms with Crippen molar-refractivity contribution in [1.82, 2.24) is 10.9 Å². The van der Waals surface area contributed by atoms with E-state index in [2.05, 4.69) is 32.1 Å². The van der Waals surface area contributed by atoms with Crippen LogP contribution in [0.2, 0.25) is 0 Å². The van der Waals surface area contributed by atoms with E-state index in [1.807, 2.05) is 0 Å². The molecule has 0 unspecified atom stereocenters. The molecule has 4 rings (SSSR count). The molecule has 4 aromatic rings. The summed E-state index contributed by atoms with van der Waals surface area (Å²) in [5.41, 5.74) is 6.19. The van der Waals surface area contributed by atoms with Gasteiger partial charge in [0.05, 0.1) is 11.8 Å². The monoisotopic (exact) mass is 573 g/mol. The second-order valence-electron chi connectivity index (χ2n) is 7.72. The normalized spacial score (nSPS) is 10.6. The third kappa shape index (κ3) is 7.05. The average molecular weight is 574 g/mol. The highest BCUT2D eigenvalue weighted by atomic mass is 79.9. The number of hydrogen-bond acceptors (Lipinski definition) is 6. The highest BCUT2D eigenvalue weighted by Gasteiger charge is 2.12. The topological polar surface area (TPSA) is 127 Å². The largest absolute Gasteiger partial charge is 0.459 e. The first-order valence-corrected chi connectivity index (χ1v) is 12.0. The lowest BCUT2D eigenvalue weighted by molar-refractivity contribution is -0.117. The summed E-state index contributed by atoms with van der Waals surface area (Å²) < 4.78 is 11.3. The number of benzene rings is 3. The van der Waals surface area contributed by atoms with Crippen LogP contribution in [0.1, 0.15) is 36.8 Å². The Morgan fingerprint density at radius 1 is 0.763 bits per heavy atom. The molecule has 9 nitrogen and oxygen atoms in total. The fourth-order valence-electron chi connectivity index (χ4n) is 3.16. The Labute approximate surface area is 225 Å². The van der Waals surface area contributed by atoms with Crippen LogP contribution in [0.4, 0.5) is 5.69 Å². The first-order chi connectivity index (χ1) is 18.4. The zero-order valence-corrected chi connectivity index (χ0v) is 21.2. The van der Waals surface area contributed by atoms with Crippen molar-refractivity contribution < 1.29 is 28.3 Å². The molecule has 0 saturated heterocycles. The predicted molar refractivity (Wildman–Crippen MR) is 143 cm³/mol. The molecule has 3 N–H and O–H groups in total. The van der Waals surface area contributed by atoms with E-state index in [9.17, 15) is 19.2 Å². The molecule has 0 aliphatic heterocycles. The number of furan rings is 1. The molecule has 3 aromatic carbocycles. The summed E-state index contributed by atoms with van der Waals surface area (Å²) in [5.74, 6) is -1.69. The van der Waals surface area contributed by atoms with Gasteiger partial charge in [-0.1, -0.05) is 34.1 Å². The van der Waals surface area contributed by atoms with Crippen LogP contribution in [0.15, 0.2) is 106 Å². The third-order valence-electron chi connectivity index (χ3n) is 5.07. The number of hydrazine groups is 1. The third-order valence-corrected chi connectivity index (χ3v) is 5.59. The summed E-state index contributed by atoms with van der Waals surface area (Å²) in [7, 11) is 0. The first kappa shape index (κ1) is 26.1. The van der Waals surface area contributed by atoms with E-state index < -0.39 is 23.7 Å². The minimum Gasteiger partial charge on any atom is -0.459 e. The Morgan fingerprint density at radius 3 is 2.18 bits per heavy atom. The van der Waals surface area contributed by atoms with Gasteiger partial charge in [0.2, 0.25) is 0 Å². The molecule has 3 amide bonds. The molecule has 1 heterocycles. The van der Waals surface area contributed by atoms with Gasteiger partial charge >= 0.3 is 5.97 Å². The van der Waals surface area contributed by atoms with Gasteiger partial charge in [-0.2, -0.15) is 0 Å². The number of amides is 3. The van der Waals surface area contributed by atoms with Crippen LogP contribution in [-0.2, 0) is 4.79 Å². The van der Waals surface area contributed by atoms with Crippen molar-refractivity contribution in [2.75, 3.05) is 5.32 Å². The van der Waals surface area contributed by atoms with E-state index in [1.54, 1.807) is 66.7 Å². The first-order valence-electron chi connectivity index (χ1n) is 11.2. The predicted octanol–water partition coefficient (Wildman–Crippen LogP) is 4.99. The molecule has 0 saturated carbocycles. The van der Waals surface area contributed by atoms with Crippen LogP contribution < -0.4 is 20.9 Å². The van der Waals surface area contributed by atoms with Crippen molar-refractivity contribution in [3.63, 3.8) is 0 Å². The number of nitrogens with one attached hydrogen (secondary N) is 3. The maximum absolute atomic E-state index is 12.4. The Bertz CT molecular complexity index is 1480. The molecule has 38 heavy (non-hydrogen) atoms. The number of para-hydroxylation sites is 1. The Hall–Kier alpha value is -4.96. The summed E-state index contributed by atoms with van der Waals surface area (Å²) >= 11 is 3.32. The number of hydrogen-bond donors (Lipinski definition) is 3. The molecular formula is C28H20BrN3O6. The van der Waals surface area contributed by atoms with Gasteiger partial charge in [-0.25, -0.2) is 4.79 Å². The van der Waals surface area contributed by atoms with Gasteiger partial charge in [-0.15, -0.1) is 0 Å². The number of anilines is 1. The molecule has 0 spiro atoms. The lowest BCUT2D eigenvalue weighted by Gasteiger charge is -2.08. The van der Waals surface area contributed by atoms with Crippen molar-refractivity contribution >= 4 is 51.4 Å². The van der Waals surface area contributed by atoms with E-state index in [-0.39, 0.29) is 17.1 Å². The van der Waals surface area contributed by atoms with E-state index in [1.165, 1.54) is 36.6 Å². The molecule has 0 fully saturated rings. The van der Waals surface area contributed by atoms with Crippen molar-refractivity contribution in [3.05, 3.63) is 124 Å². The van der Waals surface area contributed by atoms with Crippen LogP contribution >= 0.6 is 15.9 Å². The summed E-state index contributed by atoms with van der Waals surface area (Å²) in [6, 6.07) is 22.7. The number of halogens is 1. The highest BCUT2D eigenvalue weighted by molar-refractivity contribution is 9.10. The fourth-order valence-corrected chi connectivity index (χ4v) is 3.42. The van der Waals surface area contributed by atoms with Crippen LogP contribution in [0, 0.1) is 0 Å². The Kier molecular flexibility index (Phi) is 8.47. The van der Waals surface area contributed by atoms with Crippen molar-refractivity contribution in [1.29, 1.82) is 0 Å². The molecule has 0 bridgehead atoms. The minimum absolute atomic E-state index is 0.160. The van der Waals surface area contributed by atoms with Gasteiger partial charge < -0.3 is 14.5 Å². The summed E-state index contributed by atoms with van der Waals surface area (Å²) in [5, 5.41) is 2.64.